The number of nitrogens with zero attached hydrogens (tertiary/aromatic N) is 1. The third-order valence-electron chi connectivity index (χ3n) is 2.86. The van der Waals surface area contributed by atoms with Crippen molar-refractivity contribution in [2.75, 3.05) is 20.2 Å². The lowest BCUT2D eigenvalue weighted by Crippen LogP contribution is -2.29. The Morgan fingerprint density at radius 1 is 1.13 bits per heavy atom. The molecule has 0 bridgehead atoms. The molecule has 0 amide bonds. The van der Waals surface area contributed by atoms with Crippen LogP contribution < -0.4 is 4.74 Å². The first-order valence-electron chi connectivity index (χ1n) is 5.55. The van der Waals surface area contributed by atoms with E-state index in [4.69, 9.17) is 4.74 Å². The maximum absolute atomic E-state index is 5.14. The number of rotatable bonds is 3. The van der Waals surface area contributed by atoms with Gasteiger partial charge in [-0.2, -0.15) is 0 Å². The van der Waals surface area contributed by atoms with Crippen LogP contribution in [0.5, 0.6) is 5.75 Å². The molecular weight excluding hydrogens is 186 g/mol. The maximum atomic E-state index is 5.14. The van der Waals surface area contributed by atoms with E-state index in [-0.39, 0.29) is 0 Å². The van der Waals surface area contributed by atoms with Crippen molar-refractivity contribution in [2.45, 2.75) is 19.4 Å². The van der Waals surface area contributed by atoms with Gasteiger partial charge >= 0.3 is 0 Å². The summed E-state index contributed by atoms with van der Waals surface area (Å²) in [7, 11) is 1.70. The van der Waals surface area contributed by atoms with Gasteiger partial charge in [-0.15, -0.1) is 0 Å². The number of ether oxygens (including phenoxy) is 1. The predicted octanol–water partition coefficient (Wildman–Crippen LogP) is 2.50. The molecule has 81 valence electrons. The summed E-state index contributed by atoms with van der Waals surface area (Å²) in [6, 6.07) is 8.37. The largest absolute Gasteiger partial charge is 0.497 e. The quantitative estimate of drug-likeness (QED) is 0.750. The molecule has 0 saturated carbocycles. The van der Waals surface area contributed by atoms with Gasteiger partial charge in [-0.25, -0.2) is 0 Å². The van der Waals surface area contributed by atoms with Gasteiger partial charge in [-0.05, 0) is 50.0 Å². The summed E-state index contributed by atoms with van der Waals surface area (Å²) in [5.74, 6) is 0.936. The zero-order valence-corrected chi connectivity index (χ0v) is 9.28. The van der Waals surface area contributed by atoms with Crippen LogP contribution in [0.1, 0.15) is 18.4 Å². The van der Waals surface area contributed by atoms with Gasteiger partial charge in [0, 0.05) is 6.54 Å². The summed E-state index contributed by atoms with van der Waals surface area (Å²) >= 11 is 0. The van der Waals surface area contributed by atoms with Crippen molar-refractivity contribution in [3.63, 3.8) is 0 Å². The highest BCUT2D eigenvalue weighted by Crippen LogP contribution is 2.15. The van der Waals surface area contributed by atoms with E-state index in [0.717, 1.165) is 12.3 Å². The van der Waals surface area contributed by atoms with Crippen LogP contribution in [0.25, 0.3) is 0 Å². The molecule has 2 nitrogen and oxygen atoms in total. The number of piperidine rings is 1. The van der Waals surface area contributed by atoms with E-state index in [2.05, 4.69) is 23.5 Å². The summed E-state index contributed by atoms with van der Waals surface area (Å²) in [5.41, 5.74) is 1.37. The lowest BCUT2D eigenvalue weighted by Gasteiger charge is -2.26. The molecule has 0 atom stereocenters. The molecule has 1 aliphatic rings. The van der Waals surface area contributed by atoms with Crippen LogP contribution >= 0.6 is 0 Å². The molecule has 1 aromatic carbocycles. The molecular formula is C13H18NO. The Labute approximate surface area is 91.9 Å². The van der Waals surface area contributed by atoms with Crippen LogP contribution in [0.2, 0.25) is 0 Å². The highest BCUT2D eigenvalue weighted by atomic mass is 16.5. The van der Waals surface area contributed by atoms with Gasteiger partial charge in [0.15, 0.2) is 0 Å². The zero-order chi connectivity index (χ0) is 10.5. The normalized spacial score (nSPS) is 17.7. The number of benzene rings is 1. The molecule has 0 aliphatic carbocycles. The van der Waals surface area contributed by atoms with Crippen molar-refractivity contribution in [3.8, 4) is 5.75 Å². The zero-order valence-electron chi connectivity index (χ0n) is 9.28. The van der Waals surface area contributed by atoms with Crippen molar-refractivity contribution in [1.82, 2.24) is 4.90 Å². The van der Waals surface area contributed by atoms with E-state index < -0.39 is 0 Å². The van der Waals surface area contributed by atoms with Crippen molar-refractivity contribution < 1.29 is 4.74 Å². The van der Waals surface area contributed by atoms with E-state index in [9.17, 15) is 0 Å². The van der Waals surface area contributed by atoms with Crippen LogP contribution in [-0.2, 0) is 6.54 Å². The monoisotopic (exact) mass is 204 g/mol. The van der Waals surface area contributed by atoms with E-state index in [0.29, 0.717) is 0 Å². The van der Waals surface area contributed by atoms with Gasteiger partial charge in [0.25, 0.3) is 0 Å². The highest BCUT2D eigenvalue weighted by Gasteiger charge is 2.10. The molecule has 0 spiro atoms. The minimum atomic E-state index is 0.936. The Morgan fingerprint density at radius 3 is 2.40 bits per heavy atom. The molecule has 2 rings (SSSR count). The summed E-state index contributed by atoms with van der Waals surface area (Å²) in [6.07, 6.45) is 4.84. The smallest absolute Gasteiger partial charge is 0.118 e. The molecule has 0 aromatic heterocycles. The molecule has 1 aromatic rings. The fourth-order valence-electron chi connectivity index (χ4n) is 1.95. The number of hydrogen-bond acceptors (Lipinski definition) is 2. The van der Waals surface area contributed by atoms with Gasteiger partial charge in [0.05, 0.1) is 7.11 Å². The fraction of sp³-hybridized carbons (Fsp3) is 0.462. The Kier molecular flexibility index (Phi) is 3.62. The van der Waals surface area contributed by atoms with Gasteiger partial charge in [-0.1, -0.05) is 12.1 Å². The van der Waals surface area contributed by atoms with Crippen molar-refractivity contribution in [2.24, 2.45) is 0 Å². The Balaban J connectivity index is 1.91. The minimum Gasteiger partial charge on any atom is -0.497 e. The first-order valence-corrected chi connectivity index (χ1v) is 5.55. The molecule has 2 heteroatoms. The Morgan fingerprint density at radius 2 is 1.80 bits per heavy atom. The fourth-order valence-corrected chi connectivity index (χ4v) is 1.95. The molecule has 1 saturated heterocycles. The molecule has 1 aliphatic heterocycles. The minimum absolute atomic E-state index is 0.936. The number of hydrogen-bond donors (Lipinski definition) is 0. The third-order valence-corrected chi connectivity index (χ3v) is 2.86. The third kappa shape index (κ3) is 2.96. The van der Waals surface area contributed by atoms with E-state index in [1.165, 1.54) is 31.5 Å². The average Bonchev–Trinajstić information content (AvgIpc) is 2.31. The number of likely N-dealkylation sites (tertiary alicyclic amines) is 1. The van der Waals surface area contributed by atoms with E-state index in [1.807, 2.05) is 12.1 Å². The van der Waals surface area contributed by atoms with Gasteiger partial charge in [0.1, 0.15) is 5.75 Å². The van der Waals surface area contributed by atoms with E-state index in [1.54, 1.807) is 7.11 Å². The first kappa shape index (κ1) is 10.5. The molecule has 15 heavy (non-hydrogen) atoms. The summed E-state index contributed by atoms with van der Waals surface area (Å²) in [5, 5.41) is 0. The maximum Gasteiger partial charge on any atom is 0.118 e. The number of methoxy groups -OCH3 is 1. The highest BCUT2D eigenvalue weighted by molar-refractivity contribution is 5.27. The van der Waals surface area contributed by atoms with Gasteiger partial charge in [-0.3, -0.25) is 4.90 Å². The van der Waals surface area contributed by atoms with Crippen molar-refractivity contribution in [1.29, 1.82) is 0 Å². The van der Waals surface area contributed by atoms with Crippen LogP contribution in [0.3, 0.4) is 0 Å². The van der Waals surface area contributed by atoms with Crippen LogP contribution in [-0.4, -0.2) is 25.1 Å². The van der Waals surface area contributed by atoms with Crippen LogP contribution in [0.15, 0.2) is 24.3 Å². The molecule has 1 radical (unpaired) electrons. The van der Waals surface area contributed by atoms with Crippen LogP contribution in [0, 0.1) is 6.42 Å². The second-order valence-electron chi connectivity index (χ2n) is 3.99. The predicted molar refractivity (Wildman–Crippen MR) is 61.8 cm³/mol. The summed E-state index contributed by atoms with van der Waals surface area (Å²) in [4.78, 5) is 2.50. The summed E-state index contributed by atoms with van der Waals surface area (Å²) < 4.78 is 5.14. The van der Waals surface area contributed by atoms with Crippen molar-refractivity contribution in [3.05, 3.63) is 36.2 Å². The first-order chi connectivity index (χ1) is 7.38. The standard InChI is InChI=1S/C13H18NO/c1-15-13-7-5-12(6-8-13)11-14-9-3-2-4-10-14/h2,5-8H,3-4,9-11H2,1H3. The summed E-state index contributed by atoms with van der Waals surface area (Å²) in [6.45, 7) is 3.47. The average molecular weight is 204 g/mol. The Bertz CT molecular complexity index is 288. The molecule has 1 heterocycles. The second-order valence-corrected chi connectivity index (χ2v) is 3.99. The van der Waals surface area contributed by atoms with Gasteiger partial charge in [0.2, 0.25) is 0 Å². The molecule has 0 N–H and O–H groups in total. The second kappa shape index (κ2) is 5.17. The molecule has 1 fully saturated rings. The topological polar surface area (TPSA) is 12.5 Å². The Hall–Kier alpha value is -1.02. The molecule has 0 unspecified atom stereocenters. The van der Waals surface area contributed by atoms with Crippen LogP contribution in [0.4, 0.5) is 0 Å². The van der Waals surface area contributed by atoms with Crippen molar-refractivity contribution >= 4 is 0 Å². The lowest BCUT2D eigenvalue weighted by molar-refractivity contribution is 0.246. The lowest BCUT2D eigenvalue weighted by atomic mass is 10.1. The van der Waals surface area contributed by atoms with E-state index >= 15 is 0 Å². The SMILES string of the molecule is COc1ccc(CN2CC[CH]CC2)cc1. The van der Waals surface area contributed by atoms with Gasteiger partial charge < -0.3 is 4.74 Å².